The van der Waals surface area contributed by atoms with Gasteiger partial charge in [0.25, 0.3) is 0 Å². The van der Waals surface area contributed by atoms with Crippen LogP contribution in [0.5, 0.6) is 5.75 Å². The van der Waals surface area contributed by atoms with Crippen LogP contribution < -0.4 is 15.8 Å². The molecule has 0 saturated heterocycles. The van der Waals surface area contributed by atoms with E-state index in [2.05, 4.69) is 5.32 Å². The maximum Gasteiger partial charge on any atom is 0.225 e. The van der Waals surface area contributed by atoms with Crippen molar-refractivity contribution in [3.8, 4) is 5.75 Å². The van der Waals surface area contributed by atoms with Crippen LogP contribution >= 0.6 is 0 Å². The zero-order valence-electron chi connectivity index (χ0n) is 13.3. The number of carbonyl (C=O) groups is 1. The average molecular weight is 316 g/mol. The van der Waals surface area contributed by atoms with Gasteiger partial charge in [0.05, 0.1) is 0 Å². The fourth-order valence-electron chi connectivity index (χ4n) is 2.15. The van der Waals surface area contributed by atoms with Gasteiger partial charge in [-0.3, -0.25) is 4.79 Å². The van der Waals surface area contributed by atoms with Crippen LogP contribution in [0.25, 0.3) is 0 Å². The Morgan fingerprint density at radius 1 is 1.30 bits per heavy atom. The van der Waals surface area contributed by atoms with Crippen molar-refractivity contribution in [3.63, 3.8) is 0 Å². The van der Waals surface area contributed by atoms with Crippen molar-refractivity contribution < 1.29 is 13.9 Å². The summed E-state index contributed by atoms with van der Waals surface area (Å²) < 4.78 is 18.8. The van der Waals surface area contributed by atoms with E-state index >= 15 is 0 Å². The first kappa shape index (κ1) is 17.0. The van der Waals surface area contributed by atoms with Crippen molar-refractivity contribution >= 4 is 11.6 Å². The maximum absolute atomic E-state index is 13.1. The molecule has 1 amide bonds. The quantitative estimate of drug-likeness (QED) is 0.858. The van der Waals surface area contributed by atoms with E-state index in [1.807, 2.05) is 13.0 Å². The van der Waals surface area contributed by atoms with Gasteiger partial charge in [0.15, 0.2) is 0 Å². The minimum atomic E-state index is -0.283. The van der Waals surface area contributed by atoms with Gasteiger partial charge in [0.2, 0.25) is 5.91 Å². The van der Waals surface area contributed by atoms with Gasteiger partial charge in [0.1, 0.15) is 18.2 Å². The predicted molar refractivity (Wildman–Crippen MR) is 88.8 cm³/mol. The minimum absolute atomic E-state index is 0.114. The number of halogens is 1. The molecule has 2 aromatic carbocycles. The predicted octanol–water partition coefficient (Wildman–Crippen LogP) is 3.39. The number of hydrogen-bond acceptors (Lipinski definition) is 3. The number of carbonyl (C=O) groups excluding carboxylic acids is 1. The van der Waals surface area contributed by atoms with Gasteiger partial charge >= 0.3 is 0 Å². The lowest BCUT2D eigenvalue weighted by molar-refractivity contribution is -0.116. The second-order valence-electron chi connectivity index (χ2n) is 5.62. The highest BCUT2D eigenvalue weighted by Gasteiger charge is 2.08. The number of anilines is 1. The molecule has 0 spiro atoms. The van der Waals surface area contributed by atoms with Crippen molar-refractivity contribution in [2.24, 2.45) is 5.73 Å². The highest BCUT2D eigenvalue weighted by atomic mass is 19.1. The zero-order chi connectivity index (χ0) is 16.8. The van der Waals surface area contributed by atoms with Crippen molar-refractivity contribution in [1.82, 2.24) is 0 Å². The molecule has 0 aromatic heterocycles. The lowest BCUT2D eigenvalue weighted by atomic mass is 10.1. The second-order valence-corrected chi connectivity index (χ2v) is 5.62. The molecule has 2 aromatic rings. The van der Waals surface area contributed by atoms with Crippen molar-refractivity contribution in [2.45, 2.75) is 32.9 Å². The monoisotopic (exact) mass is 316 g/mol. The van der Waals surface area contributed by atoms with Crippen LogP contribution in [-0.4, -0.2) is 11.9 Å². The number of aryl methyl sites for hydroxylation is 1. The summed E-state index contributed by atoms with van der Waals surface area (Å²) in [4.78, 5) is 11.7. The molecule has 5 heteroatoms. The molecule has 122 valence electrons. The number of rotatable bonds is 6. The smallest absolute Gasteiger partial charge is 0.225 e. The molecule has 0 aliphatic rings. The van der Waals surface area contributed by atoms with Crippen molar-refractivity contribution in [2.75, 3.05) is 5.32 Å². The topological polar surface area (TPSA) is 64.3 Å². The summed E-state index contributed by atoms with van der Waals surface area (Å²) in [6.07, 6.45) is 0.275. The average Bonchev–Trinajstić information content (AvgIpc) is 2.47. The van der Waals surface area contributed by atoms with E-state index in [-0.39, 0.29) is 30.8 Å². The number of ether oxygens (including phenoxy) is 1. The second kappa shape index (κ2) is 7.74. The molecule has 23 heavy (non-hydrogen) atoms. The van der Waals surface area contributed by atoms with E-state index in [0.29, 0.717) is 5.75 Å². The summed E-state index contributed by atoms with van der Waals surface area (Å²) in [6.45, 7) is 3.96. The summed E-state index contributed by atoms with van der Waals surface area (Å²) in [5.74, 6) is 0.267. The molecule has 0 heterocycles. The van der Waals surface area contributed by atoms with E-state index in [4.69, 9.17) is 10.5 Å². The Labute approximate surface area is 135 Å². The SMILES string of the molecule is Cc1cc(OCc2cccc(F)c2)ccc1NC(=O)CC(C)N. The lowest BCUT2D eigenvalue weighted by Gasteiger charge is -2.12. The van der Waals surface area contributed by atoms with Gasteiger partial charge in [-0.1, -0.05) is 12.1 Å². The van der Waals surface area contributed by atoms with Crippen LogP contribution in [0.3, 0.4) is 0 Å². The van der Waals surface area contributed by atoms with Gasteiger partial charge in [0, 0.05) is 18.2 Å². The van der Waals surface area contributed by atoms with Gasteiger partial charge in [-0.15, -0.1) is 0 Å². The maximum atomic E-state index is 13.1. The molecule has 0 bridgehead atoms. The third-order valence-electron chi connectivity index (χ3n) is 3.27. The molecular formula is C18H21FN2O2. The first-order valence-corrected chi connectivity index (χ1v) is 7.47. The van der Waals surface area contributed by atoms with Crippen LogP contribution in [-0.2, 0) is 11.4 Å². The van der Waals surface area contributed by atoms with E-state index in [0.717, 1.165) is 16.8 Å². The van der Waals surface area contributed by atoms with Gasteiger partial charge in [-0.25, -0.2) is 4.39 Å². The van der Waals surface area contributed by atoms with Gasteiger partial charge < -0.3 is 15.8 Å². The molecule has 0 fully saturated rings. The Hall–Kier alpha value is -2.40. The number of nitrogens with two attached hydrogens (primary N) is 1. The number of hydrogen-bond donors (Lipinski definition) is 2. The molecule has 4 nitrogen and oxygen atoms in total. The molecule has 0 saturated carbocycles. The summed E-state index contributed by atoms with van der Waals surface area (Å²) in [7, 11) is 0. The van der Waals surface area contributed by atoms with E-state index in [1.165, 1.54) is 12.1 Å². The molecule has 0 aliphatic heterocycles. The summed E-state index contributed by atoms with van der Waals surface area (Å²) in [5.41, 5.74) is 7.99. The molecule has 0 aliphatic carbocycles. The normalized spacial score (nSPS) is 11.8. The minimum Gasteiger partial charge on any atom is -0.489 e. The van der Waals surface area contributed by atoms with Crippen LogP contribution in [0, 0.1) is 12.7 Å². The number of benzene rings is 2. The third-order valence-corrected chi connectivity index (χ3v) is 3.27. The first-order valence-electron chi connectivity index (χ1n) is 7.47. The van der Waals surface area contributed by atoms with Gasteiger partial charge in [-0.2, -0.15) is 0 Å². The Kier molecular flexibility index (Phi) is 5.71. The highest BCUT2D eigenvalue weighted by molar-refractivity contribution is 5.91. The zero-order valence-corrected chi connectivity index (χ0v) is 13.3. The summed E-state index contributed by atoms with van der Waals surface area (Å²) >= 11 is 0. The van der Waals surface area contributed by atoms with Crippen molar-refractivity contribution in [3.05, 3.63) is 59.4 Å². The molecular weight excluding hydrogens is 295 g/mol. The Balaban J connectivity index is 1.97. The van der Waals surface area contributed by atoms with Crippen LogP contribution in [0.15, 0.2) is 42.5 Å². The fourth-order valence-corrected chi connectivity index (χ4v) is 2.15. The molecule has 3 N–H and O–H groups in total. The Morgan fingerprint density at radius 3 is 2.74 bits per heavy atom. The Bertz CT molecular complexity index is 686. The van der Waals surface area contributed by atoms with Crippen molar-refractivity contribution in [1.29, 1.82) is 0 Å². The summed E-state index contributed by atoms with van der Waals surface area (Å²) in [5, 5.41) is 2.83. The Morgan fingerprint density at radius 2 is 2.09 bits per heavy atom. The van der Waals surface area contributed by atoms with Gasteiger partial charge in [-0.05, 0) is 55.3 Å². The largest absolute Gasteiger partial charge is 0.489 e. The van der Waals surface area contributed by atoms with E-state index in [1.54, 1.807) is 31.2 Å². The number of nitrogens with one attached hydrogen (secondary N) is 1. The third kappa shape index (κ3) is 5.38. The molecule has 1 atom stereocenters. The van der Waals surface area contributed by atoms with Crippen LogP contribution in [0.4, 0.5) is 10.1 Å². The molecule has 1 unspecified atom stereocenters. The first-order chi connectivity index (χ1) is 10.9. The van der Waals surface area contributed by atoms with Crippen LogP contribution in [0.1, 0.15) is 24.5 Å². The summed E-state index contributed by atoms with van der Waals surface area (Å²) in [6, 6.07) is 11.5. The van der Waals surface area contributed by atoms with Crippen LogP contribution in [0.2, 0.25) is 0 Å². The number of amides is 1. The van der Waals surface area contributed by atoms with E-state index in [9.17, 15) is 9.18 Å². The lowest BCUT2D eigenvalue weighted by Crippen LogP contribution is -2.24. The highest BCUT2D eigenvalue weighted by Crippen LogP contribution is 2.22. The standard InChI is InChI=1S/C18H21FN2O2/c1-12-8-16(23-11-14-4-3-5-15(19)10-14)6-7-17(12)21-18(22)9-13(2)20/h3-8,10,13H,9,11,20H2,1-2H3,(H,21,22). The molecule has 2 rings (SSSR count). The molecule has 0 radical (unpaired) electrons. The fraction of sp³-hybridized carbons (Fsp3) is 0.278. The van der Waals surface area contributed by atoms with E-state index < -0.39 is 0 Å².